The van der Waals surface area contributed by atoms with Gasteiger partial charge in [0.15, 0.2) is 0 Å². The Labute approximate surface area is 106 Å². The van der Waals surface area contributed by atoms with E-state index in [4.69, 9.17) is 5.73 Å². The summed E-state index contributed by atoms with van der Waals surface area (Å²) >= 11 is 1.02. The Morgan fingerprint density at radius 1 is 1.28 bits per heavy atom. The zero-order valence-electron chi connectivity index (χ0n) is 9.37. The number of aromatic nitrogens is 1. The fourth-order valence-electron chi connectivity index (χ4n) is 1.55. The number of alkyl halides is 3. The van der Waals surface area contributed by atoms with Crippen molar-refractivity contribution in [2.24, 2.45) is 5.73 Å². The van der Waals surface area contributed by atoms with Crippen LogP contribution in [-0.4, -0.2) is 11.2 Å². The van der Waals surface area contributed by atoms with Crippen LogP contribution in [0.3, 0.4) is 0 Å². The van der Waals surface area contributed by atoms with Crippen LogP contribution in [0.25, 0.3) is 11.3 Å². The van der Waals surface area contributed by atoms with E-state index < -0.39 is 12.6 Å². The third-order valence-electron chi connectivity index (χ3n) is 2.36. The summed E-state index contributed by atoms with van der Waals surface area (Å²) in [6, 6.07) is 7.34. The largest absolute Gasteiger partial charge is 0.395 e. The van der Waals surface area contributed by atoms with Crippen molar-refractivity contribution in [3.8, 4) is 11.3 Å². The lowest BCUT2D eigenvalue weighted by atomic mass is 10.1. The molecule has 1 aromatic heterocycles. The van der Waals surface area contributed by atoms with Gasteiger partial charge in [0.2, 0.25) is 0 Å². The number of nitrogens with zero attached hydrogens (tertiary/aromatic N) is 1. The molecule has 0 amide bonds. The number of nitrogens with two attached hydrogens (primary N) is 1. The molecule has 18 heavy (non-hydrogen) atoms. The minimum absolute atomic E-state index is 0.0793. The van der Waals surface area contributed by atoms with E-state index in [1.165, 1.54) is 0 Å². The van der Waals surface area contributed by atoms with Crippen molar-refractivity contribution in [2.45, 2.75) is 19.1 Å². The molecule has 2 aromatic rings. The number of thiazole rings is 1. The molecular formula is C12H11F3N2S. The molecule has 2 rings (SSSR count). The molecule has 1 aromatic carbocycles. The average molecular weight is 272 g/mol. The summed E-state index contributed by atoms with van der Waals surface area (Å²) in [5.74, 6) is 0. The van der Waals surface area contributed by atoms with Gasteiger partial charge in [-0.25, -0.2) is 4.98 Å². The zero-order chi connectivity index (χ0) is 13.2. The molecule has 0 aliphatic heterocycles. The summed E-state index contributed by atoms with van der Waals surface area (Å²) in [5, 5.41) is 1.71. The van der Waals surface area contributed by atoms with Crippen LogP contribution < -0.4 is 5.73 Å². The normalized spacial score (nSPS) is 11.8. The van der Waals surface area contributed by atoms with E-state index >= 15 is 0 Å². The monoisotopic (exact) mass is 272 g/mol. The molecule has 0 spiro atoms. The minimum atomic E-state index is -4.21. The van der Waals surface area contributed by atoms with E-state index in [-0.39, 0.29) is 5.01 Å². The molecule has 0 bridgehead atoms. The topological polar surface area (TPSA) is 38.9 Å². The first-order chi connectivity index (χ1) is 8.48. The van der Waals surface area contributed by atoms with Crippen LogP contribution in [0.15, 0.2) is 29.6 Å². The fourth-order valence-corrected chi connectivity index (χ4v) is 2.39. The van der Waals surface area contributed by atoms with Crippen molar-refractivity contribution in [3.05, 3.63) is 40.2 Å². The van der Waals surface area contributed by atoms with Gasteiger partial charge in [0.1, 0.15) is 5.01 Å². The highest BCUT2D eigenvalue weighted by atomic mass is 32.1. The van der Waals surface area contributed by atoms with Crippen LogP contribution >= 0.6 is 11.3 Å². The molecule has 0 atom stereocenters. The first-order valence-corrected chi connectivity index (χ1v) is 6.16. The Morgan fingerprint density at radius 2 is 2.06 bits per heavy atom. The standard InChI is InChI=1S/C12H11F3N2S/c13-12(14,15)5-11-17-10(7-18-11)9-3-1-2-8(4-9)6-16/h1-4,7H,5-6,16H2. The maximum Gasteiger partial charge on any atom is 0.395 e. The van der Waals surface area contributed by atoms with Gasteiger partial charge in [-0.3, -0.25) is 0 Å². The van der Waals surface area contributed by atoms with Crippen LogP contribution in [0.1, 0.15) is 10.6 Å². The first kappa shape index (κ1) is 13.0. The molecule has 96 valence electrons. The van der Waals surface area contributed by atoms with Crippen molar-refractivity contribution in [1.82, 2.24) is 4.98 Å². The second kappa shape index (κ2) is 5.07. The Balaban J connectivity index is 2.23. The molecule has 0 aliphatic rings. The number of rotatable bonds is 3. The van der Waals surface area contributed by atoms with Crippen LogP contribution in [-0.2, 0) is 13.0 Å². The highest BCUT2D eigenvalue weighted by Crippen LogP contribution is 2.27. The fraction of sp³-hybridized carbons (Fsp3) is 0.250. The maximum absolute atomic E-state index is 12.2. The van der Waals surface area contributed by atoms with Gasteiger partial charge in [0.05, 0.1) is 12.1 Å². The highest BCUT2D eigenvalue weighted by Gasteiger charge is 2.29. The van der Waals surface area contributed by atoms with E-state index in [1.807, 2.05) is 24.3 Å². The van der Waals surface area contributed by atoms with Crippen LogP contribution in [0, 0.1) is 0 Å². The Kier molecular flexibility index (Phi) is 3.68. The smallest absolute Gasteiger partial charge is 0.326 e. The summed E-state index contributed by atoms with van der Waals surface area (Å²) in [4.78, 5) is 4.00. The molecule has 0 aliphatic carbocycles. The molecule has 2 nitrogen and oxygen atoms in total. The van der Waals surface area contributed by atoms with E-state index in [0.717, 1.165) is 22.5 Å². The summed E-state index contributed by atoms with van der Waals surface area (Å²) in [5.41, 5.74) is 7.81. The number of benzene rings is 1. The Hall–Kier alpha value is -1.40. The Morgan fingerprint density at radius 3 is 2.72 bits per heavy atom. The lowest BCUT2D eigenvalue weighted by molar-refractivity contribution is -0.127. The molecule has 6 heteroatoms. The minimum Gasteiger partial charge on any atom is -0.326 e. The van der Waals surface area contributed by atoms with E-state index in [2.05, 4.69) is 4.98 Å². The van der Waals surface area contributed by atoms with Gasteiger partial charge >= 0.3 is 6.18 Å². The summed E-state index contributed by atoms with van der Waals surface area (Å²) in [7, 11) is 0. The Bertz CT molecular complexity index is 534. The van der Waals surface area contributed by atoms with Crippen molar-refractivity contribution in [1.29, 1.82) is 0 Å². The second-order valence-corrected chi connectivity index (χ2v) is 4.77. The van der Waals surface area contributed by atoms with E-state index in [1.54, 1.807) is 5.38 Å². The van der Waals surface area contributed by atoms with Gasteiger partial charge < -0.3 is 5.73 Å². The third-order valence-corrected chi connectivity index (χ3v) is 3.21. The van der Waals surface area contributed by atoms with Crippen molar-refractivity contribution in [2.75, 3.05) is 0 Å². The molecule has 0 fully saturated rings. The number of hydrogen-bond donors (Lipinski definition) is 1. The SMILES string of the molecule is NCc1cccc(-c2csc(CC(F)(F)F)n2)c1. The lowest BCUT2D eigenvalue weighted by Gasteiger charge is -2.02. The molecule has 0 unspecified atom stereocenters. The quantitative estimate of drug-likeness (QED) is 0.930. The summed E-state index contributed by atoms with van der Waals surface area (Å²) in [6.45, 7) is 0.396. The molecule has 1 heterocycles. The van der Waals surface area contributed by atoms with Gasteiger partial charge in [0.25, 0.3) is 0 Å². The van der Waals surface area contributed by atoms with E-state index in [0.29, 0.717) is 12.2 Å². The van der Waals surface area contributed by atoms with Crippen LogP contribution in [0.2, 0.25) is 0 Å². The van der Waals surface area contributed by atoms with Gasteiger partial charge in [-0.05, 0) is 11.6 Å². The zero-order valence-corrected chi connectivity index (χ0v) is 10.2. The van der Waals surface area contributed by atoms with Crippen LogP contribution in [0.4, 0.5) is 13.2 Å². The summed E-state index contributed by atoms with van der Waals surface area (Å²) in [6.07, 6.45) is -5.19. The second-order valence-electron chi connectivity index (χ2n) is 3.82. The number of halogens is 3. The van der Waals surface area contributed by atoms with Crippen molar-refractivity contribution < 1.29 is 13.2 Å². The third kappa shape index (κ3) is 3.30. The first-order valence-electron chi connectivity index (χ1n) is 5.28. The highest BCUT2D eigenvalue weighted by molar-refractivity contribution is 7.09. The van der Waals surface area contributed by atoms with Crippen LogP contribution in [0.5, 0.6) is 0 Å². The van der Waals surface area contributed by atoms with Crippen molar-refractivity contribution in [3.63, 3.8) is 0 Å². The predicted molar refractivity (Wildman–Crippen MR) is 65.2 cm³/mol. The maximum atomic E-state index is 12.2. The van der Waals surface area contributed by atoms with Gasteiger partial charge in [0, 0.05) is 17.5 Å². The molecule has 0 saturated heterocycles. The van der Waals surface area contributed by atoms with Crippen molar-refractivity contribution >= 4 is 11.3 Å². The van der Waals surface area contributed by atoms with Gasteiger partial charge in [-0.1, -0.05) is 18.2 Å². The average Bonchev–Trinajstić information content (AvgIpc) is 2.75. The summed E-state index contributed by atoms with van der Waals surface area (Å²) < 4.78 is 36.7. The molecule has 0 saturated carbocycles. The van der Waals surface area contributed by atoms with E-state index in [9.17, 15) is 13.2 Å². The van der Waals surface area contributed by atoms with Gasteiger partial charge in [-0.15, -0.1) is 11.3 Å². The lowest BCUT2D eigenvalue weighted by Crippen LogP contribution is -2.11. The molecular weight excluding hydrogens is 261 g/mol. The van der Waals surface area contributed by atoms with Gasteiger partial charge in [-0.2, -0.15) is 13.2 Å². The molecule has 2 N–H and O–H groups in total. The predicted octanol–water partition coefficient (Wildman–Crippen LogP) is 3.37. The molecule has 0 radical (unpaired) electrons. The number of hydrogen-bond acceptors (Lipinski definition) is 3.